The van der Waals surface area contributed by atoms with Gasteiger partial charge in [-0.15, -0.1) is 0 Å². The number of carboxylic acid groups (broad SMARTS) is 1. The zero-order chi connectivity index (χ0) is 21.8. The van der Waals surface area contributed by atoms with Crippen LogP contribution in [0.5, 0.6) is 0 Å². The van der Waals surface area contributed by atoms with Crippen molar-refractivity contribution in [3.63, 3.8) is 0 Å². The maximum atomic E-state index is 12.4. The molecule has 2 rings (SSSR count). The molecular weight excluding hydrogens is 382 g/mol. The summed E-state index contributed by atoms with van der Waals surface area (Å²) in [5, 5.41) is 11.3. The Balaban J connectivity index is 1.89. The number of carbonyl (C=O) groups excluding carboxylic acids is 2. The zero-order valence-corrected chi connectivity index (χ0v) is 17.3. The lowest BCUT2D eigenvalue weighted by Crippen LogP contribution is -2.26. The summed E-state index contributed by atoms with van der Waals surface area (Å²) in [6, 6.07) is 18.3. The molecule has 0 aromatic heterocycles. The van der Waals surface area contributed by atoms with Crippen LogP contribution in [0.15, 0.2) is 54.6 Å². The summed E-state index contributed by atoms with van der Waals surface area (Å²) in [5.74, 6) is -1.81. The summed E-state index contributed by atoms with van der Waals surface area (Å²) in [6.45, 7) is 2.52. The molecule has 1 amide bonds. The molecule has 2 N–H and O–H groups in total. The molecule has 0 radical (unpaired) electrons. The van der Waals surface area contributed by atoms with Crippen molar-refractivity contribution >= 4 is 17.8 Å². The number of carboxylic acids is 1. The lowest BCUT2D eigenvalue weighted by atomic mass is 9.93. The van der Waals surface area contributed by atoms with E-state index in [-0.39, 0.29) is 30.6 Å². The molecule has 2 aromatic carbocycles. The number of amides is 1. The summed E-state index contributed by atoms with van der Waals surface area (Å²) >= 11 is 0. The van der Waals surface area contributed by atoms with E-state index in [9.17, 15) is 14.4 Å². The molecule has 0 saturated carbocycles. The zero-order valence-electron chi connectivity index (χ0n) is 17.3. The van der Waals surface area contributed by atoms with Crippen LogP contribution in [0.4, 0.5) is 0 Å². The van der Waals surface area contributed by atoms with Crippen LogP contribution in [0.1, 0.15) is 38.2 Å². The van der Waals surface area contributed by atoms with E-state index < -0.39 is 5.97 Å². The van der Waals surface area contributed by atoms with Gasteiger partial charge in [0.25, 0.3) is 0 Å². The van der Waals surface area contributed by atoms with Gasteiger partial charge in [0.2, 0.25) is 5.91 Å². The third-order valence-electron chi connectivity index (χ3n) is 4.78. The number of carbonyl (C=O) groups is 3. The number of hydrogen-bond acceptors (Lipinski definition) is 4. The van der Waals surface area contributed by atoms with Crippen molar-refractivity contribution in [2.45, 2.75) is 39.0 Å². The first-order chi connectivity index (χ1) is 14.5. The highest BCUT2D eigenvalue weighted by Crippen LogP contribution is 2.22. The minimum Gasteiger partial charge on any atom is -0.481 e. The highest BCUT2D eigenvalue weighted by Gasteiger charge is 2.20. The number of rotatable bonds is 12. The average molecular weight is 411 g/mol. The van der Waals surface area contributed by atoms with Crippen LogP contribution in [0.3, 0.4) is 0 Å². The predicted molar refractivity (Wildman–Crippen MR) is 115 cm³/mol. The van der Waals surface area contributed by atoms with Gasteiger partial charge in [-0.25, -0.2) is 0 Å². The molecule has 6 heteroatoms. The van der Waals surface area contributed by atoms with Gasteiger partial charge in [-0.05, 0) is 42.9 Å². The second kappa shape index (κ2) is 12.4. The fraction of sp³-hybridized carbons (Fsp3) is 0.375. The molecule has 6 nitrogen and oxygen atoms in total. The molecule has 1 atom stereocenters. The molecule has 2 aromatic rings. The molecule has 0 spiro atoms. The number of benzene rings is 2. The highest BCUT2D eigenvalue weighted by atomic mass is 16.5. The maximum absolute atomic E-state index is 12.4. The van der Waals surface area contributed by atoms with E-state index in [0.29, 0.717) is 32.4 Å². The molecular formula is C24H29NO5. The number of ether oxygens (including phenoxy) is 1. The van der Waals surface area contributed by atoms with Crippen LogP contribution >= 0.6 is 0 Å². The van der Waals surface area contributed by atoms with Crippen LogP contribution in [0.2, 0.25) is 0 Å². The Kier molecular flexibility index (Phi) is 9.58. The Bertz CT molecular complexity index is 817. The number of hydrogen-bond donors (Lipinski definition) is 2. The lowest BCUT2D eigenvalue weighted by Gasteiger charge is -2.16. The van der Waals surface area contributed by atoms with Gasteiger partial charge in [0.05, 0.1) is 18.9 Å². The molecule has 0 aliphatic rings. The Morgan fingerprint density at radius 2 is 1.63 bits per heavy atom. The first-order valence-electron chi connectivity index (χ1n) is 10.3. The highest BCUT2D eigenvalue weighted by molar-refractivity contribution is 5.80. The van der Waals surface area contributed by atoms with Crippen LogP contribution < -0.4 is 5.32 Å². The quantitative estimate of drug-likeness (QED) is 0.409. The first-order valence-corrected chi connectivity index (χ1v) is 10.3. The van der Waals surface area contributed by atoms with E-state index in [1.165, 1.54) is 0 Å². The van der Waals surface area contributed by atoms with Crippen molar-refractivity contribution < 1.29 is 24.2 Å². The summed E-state index contributed by atoms with van der Waals surface area (Å²) in [5.41, 5.74) is 3.32. The molecule has 0 saturated heterocycles. The first kappa shape index (κ1) is 23.1. The Hall–Kier alpha value is -3.15. The number of nitrogens with one attached hydrogen (secondary N) is 1. The number of aliphatic carboxylic acids is 1. The molecule has 1 unspecified atom stereocenters. The van der Waals surface area contributed by atoms with Crippen LogP contribution in [-0.4, -0.2) is 36.1 Å². The molecule has 0 aliphatic heterocycles. The average Bonchev–Trinajstić information content (AvgIpc) is 2.75. The Morgan fingerprint density at radius 1 is 0.967 bits per heavy atom. The van der Waals surface area contributed by atoms with E-state index in [2.05, 4.69) is 29.6 Å². The van der Waals surface area contributed by atoms with Crippen molar-refractivity contribution in [2.75, 3.05) is 13.2 Å². The minimum atomic E-state index is -0.995. The maximum Gasteiger partial charge on any atom is 0.309 e. The minimum absolute atomic E-state index is 0.0373. The third-order valence-corrected chi connectivity index (χ3v) is 4.78. The molecule has 0 heterocycles. The van der Waals surface area contributed by atoms with Gasteiger partial charge in [0.15, 0.2) is 0 Å². The van der Waals surface area contributed by atoms with E-state index in [1.54, 1.807) is 6.92 Å². The van der Waals surface area contributed by atoms with Crippen LogP contribution in [0.25, 0.3) is 11.1 Å². The molecule has 160 valence electrons. The molecule has 0 bridgehead atoms. The molecule has 0 aliphatic carbocycles. The summed E-state index contributed by atoms with van der Waals surface area (Å²) in [6.07, 6.45) is 1.55. The van der Waals surface area contributed by atoms with Crippen molar-refractivity contribution in [3.8, 4) is 11.1 Å². The SMILES string of the molecule is CCOC(=O)C(CCCNC(=O)CCC(=O)O)Cc1ccc(-c2ccccc2)cc1. The van der Waals surface area contributed by atoms with Crippen molar-refractivity contribution in [1.29, 1.82) is 0 Å². The summed E-state index contributed by atoms with van der Waals surface area (Å²) in [7, 11) is 0. The fourth-order valence-electron chi connectivity index (χ4n) is 3.20. The van der Waals surface area contributed by atoms with Crippen molar-refractivity contribution in [2.24, 2.45) is 5.92 Å². The Labute approximate surface area is 177 Å². The number of esters is 1. The van der Waals surface area contributed by atoms with Gasteiger partial charge in [-0.3, -0.25) is 14.4 Å². The predicted octanol–water partition coefficient (Wildman–Crippen LogP) is 3.84. The standard InChI is InChI=1S/C24H29NO5/c1-2-30-24(29)21(9-6-16-25-22(26)14-15-23(27)28)17-18-10-12-20(13-11-18)19-7-4-3-5-8-19/h3-5,7-8,10-13,21H,2,6,9,14-17H2,1H3,(H,25,26)(H,27,28). The summed E-state index contributed by atoms with van der Waals surface area (Å²) < 4.78 is 5.22. The van der Waals surface area contributed by atoms with Gasteiger partial charge in [0, 0.05) is 13.0 Å². The normalized spacial score (nSPS) is 11.5. The fourth-order valence-corrected chi connectivity index (χ4v) is 3.20. The van der Waals surface area contributed by atoms with Crippen LogP contribution in [0, 0.1) is 5.92 Å². The van der Waals surface area contributed by atoms with Crippen molar-refractivity contribution in [1.82, 2.24) is 5.32 Å². The van der Waals surface area contributed by atoms with E-state index in [4.69, 9.17) is 9.84 Å². The van der Waals surface area contributed by atoms with Gasteiger partial charge in [-0.1, -0.05) is 54.6 Å². The second-order valence-corrected chi connectivity index (χ2v) is 7.10. The Morgan fingerprint density at radius 3 is 2.27 bits per heavy atom. The smallest absolute Gasteiger partial charge is 0.309 e. The van der Waals surface area contributed by atoms with E-state index in [0.717, 1.165) is 16.7 Å². The van der Waals surface area contributed by atoms with Gasteiger partial charge < -0.3 is 15.2 Å². The van der Waals surface area contributed by atoms with Gasteiger partial charge in [-0.2, -0.15) is 0 Å². The third kappa shape index (κ3) is 8.07. The summed E-state index contributed by atoms with van der Waals surface area (Å²) in [4.78, 5) is 34.5. The second-order valence-electron chi connectivity index (χ2n) is 7.10. The van der Waals surface area contributed by atoms with E-state index >= 15 is 0 Å². The van der Waals surface area contributed by atoms with E-state index in [1.807, 2.05) is 30.3 Å². The molecule has 0 fully saturated rings. The van der Waals surface area contributed by atoms with Crippen molar-refractivity contribution in [3.05, 3.63) is 60.2 Å². The van der Waals surface area contributed by atoms with Crippen LogP contribution in [-0.2, 0) is 25.5 Å². The van der Waals surface area contributed by atoms with Gasteiger partial charge >= 0.3 is 11.9 Å². The molecule has 30 heavy (non-hydrogen) atoms. The largest absolute Gasteiger partial charge is 0.481 e. The van der Waals surface area contributed by atoms with Gasteiger partial charge in [0.1, 0.15) is 0 Å². The lowest BCUT2D eigenvalue weighted by molar-refractivity contribution is -0.148. The monoisotopic (exact) mass is 411 g/mol. The topological polar surface area (TPSA) is 92.7 Å².